The third-order valence-corrected chi connectivity index (χ3v) is 5.43. The van der Waals surface area contributed by atoms with Gasteiger partial charge in [0.2, 0.25) is 5.91 Å². The Morgan fingerprint density at radius 2 is 1.76 bits per heavy atom. The highest BCUT2D eigenvalue weighted by Crippen LogP contribution is 2.29. The molecule has 1 saturated heterocycles. The molecule has 2 aromatic carbocycles. The fourth-order valence-corrected chi connectivity index (χ4v) is 3.98. The molecule has 0 unspecified atom stereocenters. The molecule has 7 nitrogen and oxygen atoms in total. The Balaban J connectivity index is 1.33. The molecule has 2 aromatic rings. The zero-order chi connectivity index (χ0) is 20.4. The van der Waals surface area contributed by atoms with Crippen molar-refractivity contribution in [3.8, 4) is 0 Å². The third-order valence-electron chi connectivity index (χ3n) is 5.43. The van der Waals surface area contributed by atoms with E-state index in [4.69, 9.17) is 0 Å². The molecule has 0 saturated carbocycles. The lowest BCUT2D eigenvalue weighted by Crippen LogP contribution is -2.46. The fourth-order valence-electron chi connectivity index (χ4n) is 3.98. The lowest BCUT2D eigenvalue weighted by atomic mass is 10.0. The Morgan fingerprint density at radius 3 is 2.41 bits per heavy atom. The SMILES string of the molecule is O=C(NCC1(O)Cc2ccccc2C1)C(=O)Nc1cccc(N2CCCC2=O)c1. The largest absolute Gasteiger partial charge is 0.387 e. The second kappa shape index (κ2) is 7.67. The number of benzene rings is 2. The number of hydrogen-bond donors (Lipinski definition) is 3. The van der Waals surface area contributed by atoms with Gasteiger partial charge in [0.1, 0.15) is 0 Å². The zero-order valence-electron chi connectivity index (χ0n) is 16.0. The molecule has 0 aromatic heterocycles. The van der Waals surface area contributed by atoms with Gasteiger partial charge in [-0.3, -0.25) is 14.4 Å². The van der Waals surface area contributed by atoms with E-state index in [1.165, 1.54) is 0 Å². The van der Waals surface area contributed by atoms with Gasteiger partial charge in [-0.15, -0.1) is 0 Å². The van der Waals surface area contributed by atoms with Crippen molar-refractivity contribution in [3.63, 3.8) is 0 Å². The molecule has 1 fully saturated rings. The number of carbonyl (C=O) groups is 3. The van der Waals surface area contributed by atoms with Gasteiger partial charge in [-0.1, -0.05) is 30.3 Å². The zero-order valence-corrected chi connectivity index (χ0v) is 16.0. The second-order valence-electron chi connectivity index (χ2n) is 7.68. The molecule has 1 heterocycles. The summed E-state index contributed by atoms with van der Waals surface area (Å²) in [5.41, 5.74) is 2.16. The molecule has 2 aliphatic rings. The quantitative estimate of drug-likeness (QED) is 0.684. The van der Waals surface area contributed by atoms with Crippen molar-refractivity contribution < 1.29 is 19.5 Å². The van der Waals surface area contributed by atoms with Gasteiger partial charge in [-0.2, -0.15) is 0 Å². The van der Waals surface area contributed by atoms with Gasteiger partial charge < -0.3 is 20.6 Å². The second-order valence-corrected chi connectivity index (χ2v) is 7.68. The van der Waals surface area contributed by atoms with Crippen LogP contribution in [0.3, 0.4) is 0 Å². The Hall–Kier alpha value is -3.19. The maximum absolute atomic E-state index is 12.3. The molecule has 4 rings (SSSR count). The minimum Gasteiger partial charge on any atom is -0.387 e. The number of nitrogens with zero attached hydrogens (tertiary/aromatic N) is 1. The van der Waals surface area contributed by atoms with E-state index in [1.807, 2.05) is 24.3 Å². The fraction of sp³-hybridized carbons (Fsp3) is 0.318. The van der Waals surface area contributed by atoms with Crippen molar-refractivity contribution in [2.45, 2.75) is 31.3 Å². The minimum absolute atomic E-state index is 0.00372. The molecule has 0 spiro atoms. The van der Waals surface area contributed by atoms with Gasteiger partial charge in [0.25, 0.3) is 0 Å². The van der Waals surface area contributed by atoms with Crippen LogP contribution < -0.4 is 15.5 Å². The maximum atomic E-state index is 12.3. The standard InChI is InChI=1S/C22H23N3O4/c26-19-9-4-10-25(19)18-8-3-7-17(11-18)24-21(28)20(27)23-14-22(29)12-15-5-1-2-6-16(15)13-22/h1-3,5-8,11,29H,4,9-10,12-14H2,(H,23,27)(H,24,28). The summed E-state index contributed by atoms with van der Waals surface area (Å²) in [6.45, 7) is 0.647. The van der Waals surface area contributed by atoms with Crippen LogP contribution >= 0.6 is 0 Å². The van der Waals surface area contributed by atoms with E-state index in [0.717, 1.165) is 17.5 Å². The normalized spacial score (nSPS) is 17.1. The number of carbonyl (C=O) groups excluding carboxylic acids is 3. The first kappa shape index (κ1) is 19.1. The van der Waals surface area contributed by atoms with Crippen molar-refractivity contribution in [1.82, 2.24) is 5.32 Å². The van der Waals surface area contributed by atoms with E-state index in [-0.39, 0.29) is 12.5 Å². The summed E-state index contributed by atoms with van der Waals surface area (Å²) in [5.74, 6) is -1.57. The third kappa shape index (κ3) is 4.14. The Kier molecular flexibility index (Phi) is 5.07. The number of nitrogens with one attached hydrogen (secondary N) is 2. The van der Waals surface area contributed by atoms with E-state index in [2.05, 4.69) is 10.6 Å². The van der Waals surface area contributed by atoms with Crippen LogP contribution in [0, 0.1) is 0 Å². The number of fused-ring (bicyclic) bond motifs is 1. The van der Waals surface area contributed by atoms with Crippen molar-refractivity contribution >= 4 is 29.1 Å². The summed E-state index contributed by atoms with van der Waals surface area (Å²) in [6.07, 6.45) is 2.21. The molecule has 29 heavy (non-hydrogen) atoms. The average Bonchev–Trinajstić information content (AvgIpc) is 3.28. The lowest BCUT2D eigenvalue weighted by molar-refractivity contribution is -0.136. The van der Waals surface area contributed by atoms with Crippen LogP contribution in [0.25, 0.3) is 0 Å². The molecule has 7 heteroatoms. The van der Waals surface area contributed by atoms with Crippen molar-refractivity contribution in [1.29, 1.82) is 0 Å². The van der Waals surface area contributed by atoms with Crippen molar-refractivity contribution in [2.75, 3.05) is 23.3 Å². The molecular weight excluding hydrogens is 370 g/mol. The van der Waals surface area contributed by atoms with Gasteiger partial charge in [0.15, 0.2) is 0 Å². The van der Waals surface area contributed by atoms with Crippen molar-refractivity contribution in [3.05, 3.63) is 59.7 Å². The van der Waals surface area contributed by atoms with Crippen LogP contribution in [0.15, 0.2) is 48.5 Å². The van der Waals surface area contributed by atoms with Crippen LogP contribution in [0.2, 0.25) is 0 Å². The first-order chi connectivity index (χ1) is 13.9. The summed E-state index contributed by atoms with van der Waals surface area (Å²) >= 11 is 0. The molecule has 3 N–H and O–H groups in total. The maximum Gasteiger partial charge on any atom is 0.313 e. The number of amides is 3. The molecule has 150 valence electrons. The van der Waals surface area contributed by atoms with E-state index < -0.39 is 17.4 Å². The first-order valence-corrected chi connectivity index (χ1v) is 9.72. The topological polar surface area (TPSA) is 98.7 Å². The predicted octanol–water partition coefficient (Wildman–Crippen LogP) is 1.40. The molecule has 1 aliphatic heterocycles. The van der Waals surface area contributed by atoms with Gasteiger partial charge in [-0.25, -0.2) is 0 Å². The number of rotatable bonds is 4. The number of hydrogen-bond acceptors (Lipinski definition) is 4. The first-order valence-electron chi connectivity index (χ1n) is 9.72. The molecule has 1 aliphatic carbocycles. The predicted molar refractivity (Wildman–Crippen MR) is 108 cm³/mol. The highest BCUT2D eigenvalue weighted by Gasteiger charge is 2.35. The smallest absolute Gasteiger partial charge is 0.313 e. The minimum atomic E-state index is -1.09. The summed E-state index contributed by atoms with van der Waals surface area (Å²) in [5, 5.41) is 15.8. The highest BCUT2D eigenvalue weighted by molar-refractivity contribution is 6.39. The van der Waals surface area contributed by atoms with Crippen LogP contribution in [-0.4, -0.2) is 41.5 Å². The molecule has 0 atom stereocenters. The van der Waals surface area contributed by atoms with Crippen LogP contribution in [0.5, 0.6) is 0 Å². The van der Waals surface area contributed by atoms with Crippen LogP contribution in [-0.2, 0) is 27.2 Å². The monoisotopic (exact) mass is 393 g/mol. The van der Waals surface area contributed by atoms with Crippen LogP contribution in [0.4, 0.5) is 11.4 Å². The van der Waals surface area contributed by atoms with E-state index in [0.29, 0.717) is 37.2 Å². The van der Waals surface area contributed by atoms with Gasteiger partial charge in [-0.05, 0) is 35.7 Å². The molecule has 0 radical (unpaired) electrons. The van der Waals surface area contributed by atoms with E-state index >= 15 is 0 Å². The number of anilines is 2. The average molecular weight is 393 g/mol. The summed E-state index contributed by atoms with van der Waals surface area (Å²) in [7, 11) is 0. The Labute approximate surface area is 168 Å². The molecule has 0 bridgehead atoms. The van der Waals surface area contributed by atoms with Crippen molar-refractivity contribution in [2.24, 2.45) is 0 Å². The van der Waals surface area contributed by atoms with E-state index in [1.54, 1.807) is 29.2 Å². The van der Waals surface area contributed by atoms with Crippen LogP contribution in [0.1, 0.15) is 24.0 Å². The summed E-state index contributed by atoms with van der Waals surface area (Å²) in [4.78, 5) is 38.0. The lowest BCUT2D eigenvalue weighted by Gasteiger charge is -2.22. The van der Waals surface area contributed by atoms with E-state index in [9.17, 15) is 19.5 Å². The van der Waals surface area contributed by atoms with Gasteiger partial charge >= 0.3 is 11.8 Å². The molecular formula is C22H23N3O4. The van der Waals surface area contributed by atoms with Gasteiger partial charge in [0.05, 0.1) is 5.60 Å². The highest BCUT2D eigenvalue weighted by atomic mass is 16.3. The Morgan fingerprint density at radius 1 is 1.03 bits per heavy atom. The summed E-state index contributed by atoms with van der Waals surface area (Å²) < 4.78 is 0. The summed E-state index contributed by atoms with van der Waals surface area (Å²) in [6, 6.07) is 14.6. The van der Waals surface area contributed by atoms with Gasteiger partial charge in [0, 0.05) is 43.7 Å². The number of aliphatic hydroxyl groups is 1. The molecule has 3 amide bonds. The Bertz CT molecular complexity index is 947.